The van der Waals surface area contributed by atoms with Crippen molar-refractivity contribution < 1.29 is 0 Å². The van der Waals surface area contributed by atoms with E-state index in [1.54, 1.807) is 30.1 Å². The van der Waals surface area contributed by atoms with Crippen LogP contribution in [0.1, 0.15) is 11.6 Å². The molecular formula is C19H19N5S. The molecule has 3 heterocycles. The quantitative estimate of drug-likeness (QED) is 0.591. The van der Waals surface area contributed by atoms with Gasteiger partial charge in [0.2, 0.25) is 0 Å². The molecule has 126 valence electrons. The van der Waals surface area contributed by atoms with E-state index in [0.717, 1.165) is 23.3 Å². The molecule has 4 aromatic rings. The van der Waals surface area contributed by atoms with Crippen LogP contribution >= 0.6 is 11.3 Å². The summed E-state index contributed by atoms with van der Waals surface area (Å²) in [5.41, 5.74) is 2.19. The number of likely N-dealkylation sites (N-methyl/N-ethyl adjacent to an activating group) is 1. The van der Waals surface area contributed by atoms with Crippen LogP contribution < -0.4 is 5.32 Å². The third-order valence-corrected chi connectivity index (χ3v) is 5.38. The highest BCUT2D eigenvalue weighted by atomic mass is 32.1. The van der Waals surface area contributed by atoms with E-state index >= 15 is 0 Å². The summed E-state index contributed by atoms with van der Waals surface area (Å²) in [5.74, 6) is 0.846. The second-order valence-electron chi connectivity index (χ2n) is 6.16. The van der Waals surface area contributed by atoms with Crippen molar-refractivity contribution in [1.29, 1.82) is 0 Å². The highest BCUT2D eigenvalue weighted by Gasteiger charge is 2.18. The van der Waals surface area contributed by atoms with Crippen molar-refractivity contribution in [2.75, 3.05) is 26.0 Å². The number of aromatic nitrogens is 3. The van der Waals surface area contributed by atoms with Crippen LogP contribution in [0.5, 0.6) is 0 Å². The topological polar surface area (TPSA) is 53.9 Å². The molecular weight excluding hydrogens is 330 g/mol. The molecule has 25 heavy (non-hydrogen) atoms. The minimum Gasteiger partial charge on any atom is -0.368 e. The molecule has 3 aromatic heterocycles. The Morgan fingerprint density at radius 3 is 2.88 bits per heavy atom. The number of rotatable bonds is 5. The molecule has 4 rings (SSSR count). The smallest absolute Gasteiger partial charge is 0.137 e. The Bertz CT molecular complexity index is 1010. The van der Waals surface area contributed by atoms with Gasteiger partial charge in [0, 0.05) is 22.8 Å². The number of nitrogens with one attached hydrogen (secondary N) is 1. The summed E-state index contributed by atoms with van der Waals surface area (Å²) in [7, 11) is 4.22. The Morgan fingerprint density at radius 1 is 1.12 bits per heavy atom. The number of fused-ring (bicyclic) bond motifs is 2. The van der Waals surface area contributed by atoms with Crippen molar-refractivity contribution in [2.45, 2.75) is 6.04 Å². The number of pyridine rings is 1. The van der Waals surface area contributed by atoms with Crippen LogP contribution in [0.4, 0.5) is 5.82 Å². The fourth-order valence-corrected chi connectivity index (χ4v) is 4.08. The van der Waals surface area contributed by atoms with Gasteiger partial charge in [-0.15, -0.1) is 11.3 Å². The molecule has 1 aromatic carbocycles. The van der Waals surface area contributed by atoms with Gasteiger partial charge >= 0.3 is 0 Å². The lowest BCUT2D eigenvalue weighted by Gasteiger charge is -2.25. The Labute approximate surface area is 150 Å². The highest BCUT2D eigenvalue weighted by Crippen LogP contribution is 2.32. The number of hydrogen-bond donors (Lipinski definition) is 1. The minimum absolute atomic E-state index is 0.253. The van der Waals surface area contributed by atoms with E-state index in [9.17, 15) is 0 Å². The fraction of sp³-hybridized carbons (Fsp3) is 0.211. The molecule has 1 unspecified atom stereocenters. The first-order valence-electron chi connectivity index (χ1n) is 8.15. The normalized spacial score (nSPS) is 12.8. The first kappa shape index (κ1) is 15.9. The van der Waals surface area contributed by atoms with Crippen LogP contribution in [0.25, 0.3) is 21.0 Å². The van der Waals surface area contributed by atoms with E-state index in [1.165, 1.54) is 15.6 Å². The molecule has 0 saturated heterocycles. The Hall–Kier alpha value is -2.57. The Kier molecular flexibility index (Phi) is 4.29. The van der Waals surface area contributed by atoms with E-state index in [2.05, 4.69) is 68.9 Å². The molecule has 0 aliphatic carbocycles. The zero-order valence-corrected chi connectivity index (χ0v) is 15.0. The van der Waals surface area contributed by atoms with Gasteiger partial charge in [-0.1, -0.05) is 18.2 Å². The van der Waals surface area contributed by atoms with Crippen molar-refractivity contribution in [1.82, 2.24) is 19.9 Å². The molecule has 1 N–H and O–H groups in total. The van der Waals surface area contributed by atoms with Gasteiger partial charge in [0.1, 0.15) is 12.1 Å². The van der Waals surface area contributed by atoms with Gasteiger partial charge < -0.3 is 10.2 Å². The number of benzene rings is 1. The van der Waals surface area contributed by atoms with E-state index < -0.39 is 0 Å². The lowest BCUT2D eigenvalue weighted by atomic mass is 10.0. The lowest BCUT2D eigenvalue weighted by molar-refractivity contribution is 0.314. The molecule has 0 fully saturated rings. The second kappa shape index (κ2) is 6.74. The molecule has 0 saturated carbocycles. The van der Waals surface area contributed by atoms with Gasteiger partial charge in [0.05, 0.1) is 17.8 Å². The first-order chi connectivity index (χ1) is 12.2. The van der Waals surface area contributed by atoms with E-state index in [4.69, 9.17) is 0 Å². The molecule has 0 aliphatic heterocycles. The maximum atomic E-state index is 4.42. The Balaban J connectivity index is 1.65. The third-order valence-electron chi connectivity index (χ3n) is 4.39. The zero-order chi connectivity index (χ0) is 17.2. The number of thiophene rings is 1. The zero-order valence-electron chi connectivity index (χ0n) is 14.2. The Morgan fingerprint density at radius 2 is 2.00 bits per heavy atom. The largest absolute Gasteiger partial charge is 0.368 e. The molecule has 0 amide bonds. The highest BCUT2D eigenvalue weighted by molar-refractivity contribution is 7.17. The first-order valence-corrected chi connectivity index (χ1v) is 9.03. The molecule has 0 bridgehead atoms. The summed E-state index contributed by atoms with van der Waals surface area (Å²) >= 11 is 1.80. The van der Waals surface area contributed by atoms with E-state index in [1.807, 2.05) is 6.07 Å². The molecule has 0 aliphatic rings. The summed E-state index contributed by atoms with van der Waals surface area (Å²) in [6.45, 7) is 0.766. The van der Waals surface area contributed by atoms with Crippen LogP contribution in [0, 0.1) is 0 Å². The lowest BCUT2D eigenvalue weighted by Crippen LogP contribution is -2.27. The van der Waals surface area contributed by atoms with Gasteiger partial charge in [0.15, 0.2) is 0 Å². The standard InChI is InChI=1S/C19H19N5S/c1-24(2)17(15-11-25-18-6-4-3-5-13(15)18)10-21-19-14-7-8-20-9-16(14)22-12-23-19/h3-9,11-12,17H,10H2,1-2H3,(H,21,22,23). The summed E-state index contributed by atoms with van der Waals surface area (Å²) in [6, 6.07) is 10.8. The summed E-state index contributed by atoms with van der Waals surface area (Å²) < 4.78 is 1.32. The molecule has 0 radical (unpaired) electrons. The van der Waals surface area contributed by atoms with Crippen molar-refractivity contribution in [3.05, 3.63) is 60.0 Å². The van der Waals surface area contributed by atoms with Crippen molar-refractivity contribution in [2.24, 2.45) is 0 Å². The van der Waals surface area contributed by atoms with Gasteiger partial charge in [-0.2, -0.15) is 0 Å². The molecule has 1 atom stereocenters. The van der Waals surface area contributed by atoms with Crippen LogP contribution in [0.2, 0.25) is 0 Å². The van der Waals surface area contributed by atoms with Crippen LogP contribution in [-0.2, 0) is 0 Å². The average Bonchev–Trinajstić information content (AvgIpc) is 3.06. The van der Waals surface area contributed by atoms with E-state index in [-0.39, 0.29) is 6.04 Å². The maximum Gasteiger partial charge on any atom is 0.137 e. The van der Waals surface area contributed by atoms with Crippen LogP contribution in [0.3, 0.4) is 0 Å². The van der Waals surface area contributed by atoms with Crippen LogP contribution in [-0.4, -0.2) is 40.5 Å². The summed E-state index contributed by atoms with van der Waals surface area (Å²) in [4.78, 5) is 15.1. The van der Waals surface area contributed by atoms with Gasteiger partial charge in [-0.05, 0) is 42.6 Å². The van der Waals surface area contributed by atoms with Crippen molar-refractivity contribution >= 4 is 38.1 Å². The number of nitrogens with zero attached hydrogens (tertiary/aromatic N) is 4. The SMILES string of the molecule is CN(C)C(CNc1ncnc2cnccc12)c1csc2ccccc12. The predicted molar refractivity (Wildman–Crippen MR) is 104 cm³/mol. The monoisotopic (exact) mass is 349 g/mol. The molecule has 5 nitrogen and oxygen atoms in total. The predicted octanol–water partition coefficient (Wildman–Crippen LogP) is 3.95. The van der Waals surface area contributed by atoms with Gasteiger partial charge in [0.25, 0.3) is 0 Å². The minimum atomic E-state index is 0.253. The average molecular weight is 349 g/mol. The summed E-state index contributed by atoms with van der Waals surface area (Å²) in [5, 5.41) is 8.08. The number of hydrogen-bond acceptors (Lipinski definition) is 6. The van der Waals surface area contributed by atoms with Crippen LogP contribution in [0.15, 0.2) is 54.4 Å². The third kappa shape index (κ3) is 3.06. The van der Waals surface area contributed by atoms with Gasteiger partial charge in [-0.3, -0.25) is 4.98 Å². The molecule has 0 spiro atoms. The van der Waals surface area contributed by atoms with Crippen molar-refractivity contribution in [3.63, 3.8) is 0 Å². The molecule has 6 heteroatoms. The van der Waals surface area contributed by atoms with Gasteiger partial charge in [-0.25, -0.2) is 9.97 Å². The maximum absolute atomic E-state index is 4.42. The fourth-order valence-electron chi connectivity index (χ4n) is 3.07. The summed E-state index contributed by atoms with van der Waals surface area (Å²) in [6.07, 6.45) is 5.11. The number of anilines is 1. The second-order valence-corrected chi connectivity index (χ2v) is 7.07. The van der Waals surface area contributed by atoms with E-state index in [0.29, 0.717) is 0 Å². The van der Waals surface area contributed by atoms with Crippen molar-refractivity contribution in [3.8, 4) is 0 Å².